The Hall–Kier alpha value is -1.45. The van der Waals surface area contributed by atoms with Crippen molar-refractivity contribution in [2.24, 2.45) is 11.8 Å². The first kappa shape index (κ1) is 15.4. The van der Waals surface area contributed by atoms with Crippen molar-refractivity contribution in [3.8, 4) is 0 Å². The molecule has 1 aliphatic rings. The van der Waals surface area contributed by atoms with Crippen LogP contribution in [0.4, 0.5) is 0 Å². The molecule has 1 atom stereocenters. The molecular weight excluding hydrogens is 272 g/mol. The van der Waals surface area contributed by atoms with E-state index in [1.54, 1.807) is 7.11 Å². The van der Waals surface area contributed by atoms with Gasteiger partial charge in [0, 0.05) is 38.0 Å². The van der Waals surface area contributed by atoms with Crippen LogP contribution in [-0.2, 0) is 11.3 Å². The monoisotopic (exact) mass is 298 g/mol. The second-order valence-electron chi connectivity index (χ2n) is 6.56. The first-order chi connectivity index (χ1) is 10.8. The Bertz CT molecular complexity index is 600. The van der Waals surface area contributed by atoms with Crippen LogP contribution in [-0.4, -0.2) is 36.7 Å². The van der Waals surface area contributed by atoms with Crippen molar-refractivity contribution in [2.45, 2.75) is 26.3 Å². The number of ether oxygens (including phenoxy) is 1. The summed E-state index contributed by atoms with van der Waals surface area (Å²) in [6.07, 6.45) is 6.43. The SMILES string of the molecule is COCC(C)C1CCN(Cc2cccc3cnccc23)CC1. The largest absolute Gasteiger partial charge is 0.384 e. The van der Waals surface area contributed by atoms with Crippen molar-refractivity contribution in [3.05, 3.63) is 42.2 Å². The summed E-state index contributed by atoms with van der Waals surface area (Å²) in [6, 6.07) is 8.68. The van der Waals surface area contributed by atoms with Gasteiger partial charge in [-0.25, -0.2) is 0 Å². The van der Waals surface area contributed by atoms with Gasteiger partial charge in [0.05, 0.1) is 0 Å². The number of likely N-dealkylation sites (tertiary alicyclic amines) is 1. The van der Waals surface area contributed by atoms with Crippen molar-refractivity contribution in [1.82, 2.24) is 9.88 Å². The van der Waals surface area contributed by atoms with E-state index in [9.17, 15) is 0 Å². The lowest BCUT2D eigenvalue weighted by molar-refractivity contribution is 0.0881. The predicted octanol–water partition coefficient (Wildman–Crippen LogP) is 3.73. The van der Waals surface area contributed by atoms with Gasteiger partial charge in [0.15, 0.2) is 0 Å². The van der Waals surface area contributed by atoms with E-state index in [1.807, 2.05) is 12.4 Å². The van der Waals surface area contributed by atoms with Gasteiger partial charge in [0.1, 0.15) is 0 Å². The minimum atomic E-state index is 0.677. The molecule has 0 N–H and O–H groups in total. The number of piperidine rings is 1. The number of nitrogens with zero attached hydrogens (tertiary/aromatic N) is 2. The highest BCUT2D eigenvalue weighted by Gasteiger charge is 2.23. The number of hydrogen-bond donors (Lipinski definition) is 0. The fourth-order valence-electron chi connectivity index (χ4n) is 3.65. The second-order valence-corrected chi connectivity index (χ2v) is 6.56. The van der Waals surface area contributed by atoms with Crippen LogP contribution in [0.3, 0.4) is 0 Å². The third-order valence-electron chi connectivity index (χ3n) is 5.03. The zero-order valence-electron chi connectivity index (χ0n) is 13.7. The smallest absolute Gasteiger partial charge is 0.0490 e. The van der Waals surface area contributed by atoms with Crippen LogP contribution < -0.4 is 0 Å². The Morgan fingerprint density at radius 2 is 2.09 bits per heavy atom. The molecule has 1 unspecified atom stereocenters. The van der Waals surface area contributed by atoms with Gasteiger partial charge in [-0.15, -0.1) is 0 Å². The zero-order valence-corrected chi connectivity index (χ0v) is 13.7. The molecule has 0 spiro atoms. The molecule has 1 aromatic carbocycles. The van der Waals surface area contributed by atoms with Crippen LogP contribution in [0.25, 0.3) is 10.8 Å². The average molecular weight is 298 g/mol. The maximum Gasteiger partial charge on any atom is 0.0490 e. The fourth-order valence-corrected chi connectivity index (χ4v) is 3.65. The highest BCUT2D eigenvalue weighted by atomic mass is 16.5. The molecule has 0 bridgehead atoms. The van der Waals surface area contributed by atoms with Crippen LogP contribution in [0.15, 0.2) is 36.7 Å². The summed E-state index contributed by atoms with van der Waals surface area (Å²) in [6.45, 7) is 6.65. The molecule has 22 heavy (non-hydrogen) atoms. The van der Waals surface area contributed by atoms with Crippen molar-refractivity contribution < 1.29 is 4.74 Å². The summed E-state index contributed by atoms with van der Waals surface area (Å²) in [5.74, 6) is 1.49. The van der Waals surface area contributed by atoms with Crippen molar-refractivity contribution in [1.29, 1.82) is 0 Å². The quantitative estimate of drug-likeness (QED) is 0.841. The van der Waals surface area contributed by atoms with Gasteiger partial charge in [0.25, 0.3) is 0 Å². The molecule has 118 valence electrons. The lowest BCUT2D eigenvalue weighted by Gasteiger charge is -2.34. The van der Waals surface area contributed by atoms with E-state index in [2.05, 4.69) is 41.1 Å². The highest BCUT2D eigenvalue weighted by Crippen LogP contribution is 2.27. The summed E-state index contributed by atoms with van der Waals surface area (Å²) in [5, 5.41) is 2.58. The maximum atomic E-state index is 5.31. The Labute approximate surface area is 133 Å². The molecule has 0 radical (unpaired) electrons. The molecule has 3 nitrogen and oxygen atoms in total. The standard InChI is InChI=1S/C19H26N2O/c1-15(14-22-2)16-7-10-21(11-8-16)13-18-5-3-4-17-12-20-9-6-19(17)18/h3-6,9,12,15-16H,7-8,10-11,13-14H2,1-2H3. The number of aromatic nitrogens is 1. The molecule has 3 heteroatoms. The van der Waals surface area contributed by atoms with E-state index in [-0.39, 0.29) is 0 Å². The van der Waals surface area contributed by atoms with Crippen LogP contribution in [0.2, 0.25) is 0 Å². The van der Waals surface area contributed by atoms with Gasteiger partial charge in [-0.2, -0.15) is 0 Å². The van der Waals surface area contributed by atoms with Gasteiger partial charge in [0.2, 0.25) is 0 Å². The fraction of sp³-hybridized carbons (Fsp3) is 0.526. The first-order valence-electron chi connectivity index (χ1n) is 8.31. The molecule has 1 aromatic heterocycles. The van der Waals surface area contributed by atoms with Crippen molar-refractivity contribution in [2.75, 3.05) is 26.8 Å². The molecule has 0 saturated carbocycles. The van der Waals surface area contributed by atoms with Gasteiger partial charge < -0.3 is 4.74 Å². The highest BCUT2D eigenvalue weighted by molar-refractivity contribution is 5.84. The van der Waals surface area contributed by atoms with Crippen molar-refractivity contribution in [3.63, 3.8) is 0 Å². The normalized spacial score (nSPS) is 18.6. The van der Waals surface area contributed by atoms with Crippen LogP contribution in [0.1, 0.15) is 25.3 Å². The Balaban J connectivity index is 1.63. The average Bonchev–Trinajstić information content (AvgIpc) is 2.56. The minimum absolute atomic E-state index is 0.677. The minimum Gasteiger partial charge on any atom is -0.384 e. The number of benzene rings is 1. The van der Waals surface area contributed by atoms with E-state index in [4.69, 9.17) is 4.74 Å². The molecule has 1 aliphatic heterocycles. The Morgan fingerprint density at radius 3 is 2.86 bits per heavy atom. The molecular formula is C19H26N2O. The van der Waals surface area contributed by atoms with E-state index < -0.39 is 0 Å². The van der Waals surface area contributed by atoms with Gasteiger partial charge in [-0.1, -0.05) is 25.1 Å². The molecule has 3 rings (SSSR count). The molecule has 2 aromatic rings. The molecule has 2 heterocycles. The summed E-state index contributed by atoms with van der Waals surface area (Å²) in [7, 11) is 1.81. The molecule has 1 saturated heterocycles. The summed E-state index contributed by atoms with van der Waals surface area (Å²) in [4.78, 5) is 6.81. The first-order valence-corrected chi connectivity index (χ1v) is 8.31. The number of fused-ring (bicyclic) bond motifs is 1. The zero-order chi connectivity index (χ0) is 15.4. The lowest BCUT2D eigenvalue weighted by Crippen LogP contribution is -2.36. The number of pyridine rings is 1. The van der Waals surface area contributed by atoms with E-state index in [0.29, 0.717) is 5.92 Å². The van der Waals surface area contributed by atoms with Crippen LogP contribution >= 0.6 is 0 Å². The van der Waals surface area contributed by atoms with Gasteiger partial charge >= 0.3 is 0 Å². The third kappa shape index (κ3) is 3.47. The molecule has 1 fully saturated rings. The van der Waals surface area contributed by atoms with Gasteiger partial charge in [-0.3, -0.25) is 9.88 Å². The van der Waals surface area contributed by atoms with Gasteiger partial charge in [-0.05, 0) is 54.8 Å². The second kappa shape index (κ2) is 7.21. The number of hydrogen-bond acceptors (Lipinski definition) is 3. The molecule has 0 amide bonds. The molecule has 0 aliphatic carbocycles. The van der Waals surface area contributed by atoms with E-state index >= 15 is 0 Å². The number of rotatable bonds is 5. The van der Waals surface area contributed by atoms with Crippen LogP contribution in [0.5, 0.6) is 0 Å². The topological polar surface area (TPSA) is 25.4 Å². The Kier molecular flexibility index (Phi) is 5.06. The van der Waals surface area contributed by atoms with Crippen molar-refractivity contribution >= 4 is 10.8 Å². The maximum absolute atomic E-state index is 5.31. The predicted molar refractivity (Wildman–Crippen MR) is 90.8 cm³/mol. The number of methoxy groups -OCH3 is 1. The lowest BCUT2D eigenvalue weighted by atomic mass is 9.86. The summed E-state index contributed by atoms with van der Waals surface area (Å²) >= 11 is 0. The van der Waals surface area contributed by atoms with E-state index in [0.717, 1.165) is 19.1 Å². The third-order valence-corrected chi connectivity index (χ3v) is 5.03. The van der Waals surface area contributed by atoms with Crippen LogP contribution in [0, 0.1) is 11.8 Å². The summed E-state index contributed by atoms with van der Waals surface area (Å²) in [5.41, 5.74) is 1.42. The Morgan fingerprint density at radius 1 is 1.27 bits per heavy atom. The summed E-state index contributed by atoms with van der Waals surface area (Å²) < 4.78 is 5.31. The van der Waals surface area contributed by atoms with E-state index in [1.165, 1.54) is 42.3 Å².